The summed E-state index contributed by atoms with van der Waals surface area (Å²) in [6.07, 6.45) is 10.7. The Bertz CT molecular complexity index is 1050. The van der Waals surface area contributed by atoms with Gasteiger partial charge in [-0.2, -0.15) is 23.3 Å². The second-order valence-corrected chi connectivity index (χ2v) is 16.4. The van der Waals surface area contributed by atoms with Gasteiger partial charge in [0, 0.05) is 0 Å². The molecule has 0 saturated heterocycles. The third kappa shape index (κ3) is 8.89. The molecule has 0 heterocycles. The van der Waals surface area contributed by atoms with Crippen molar-refractivity contribution in [3.63, 3.8) is 0 Å². The standard InChI is InChI=1S/2C15H15.C2H6Si.2ClH.Ti/c2*1-2-6-12(7-3-1)15-10-13-8-4-5-9-14(13)11-15;1-3-2;;;/h2*1-3,6-7,10-11H,4-5,8-9H2;1-2H3;2*1H;/q2*-1;;;;+2/p-2. The van der Waals surface area contributed by atoms with Crippen molar-refractivity contribution in [2.45, 2.75) is 64.5 Å². The van der Waals surface area contributed by atoms with Crippen molar-refractivity contribution in [3.05, 3.63) is 107 Å². The first-order valence-corrected chi connectivity index (χ1v) is 17.6. The van der Waals surface area contributed by atoms with Gasteiger partial charge in [-0.25, -0.2) is 0 Å². The van der Waals surface area contributed by atoms with Crippen LogP contribution >= 0.6 is 0 Å². The summed E-state index contributed by atoms with van der Waals surface area (Å²) >= 11 is 2.27. The molecule has 0 unspecified atom stereocenters. The van der Waals surface area contributed by atoms with Crippen LogP contribution in [0.1, 0.15) is 47.9 Å². The van der Waals surface area contributed by atoms with E-state index in [-0.39, 0.29) is 31.0 Å². The van der Waals surface area contributed by atoms with Gasteiger partial charge in [-0.3, -0.25) is 0 Å². The van der Waals surface area contributed by atoms with Crippen molar-refractivity contribution < 1.29 is 44.0 Å². The zero-order valence-corrected chi connectivity index (χ0v) is 25.6. The van der Waals surface area contributed by atoms with Gasteiger partial charge < -0.3 is 24.8 Å². The van der Waals surface area contributed by atoms with Crippen molar-refractivity contribution in [1.82, 2.24) is 0 Å². The number of hydrogen-bond acceptors (Lipinski definition) is 0. The van der Waals surface area contributed by atoms with Gasteiger partial charge in [0.2, 0.25) is 0 Å². The van der Waals surface area contributed by atoms with Crippen LogP contribution in [0, 0.1) is 0 Å². The maximum Gasteiger partial charge on any atom is -0.0456 e. The van der Waals surface area contributed by atoms with Gasteiger partial charge in [-0.1, -0.05) is 99.2 Å². The average molecular weight is 567 g/mol. The Morgan fingerprint density at radius 3 is 1.25 bits per heavy atom. The number of hydrogen-bond donors (Lipinski definition) is 0. The Labute approximate surface area is 242 Å². The van der Waals surface area contributed by atoms with Crippen LogP contribution in [-0.4, -0.2) is 6.19 Å². The van der Waals surface area contributed by atoms with Crippen LogP contribution in [0.3, 0.4) is 0 Å². The van der Waals surface area contributed by atoms with Crippen molar-refractivity contribution in [3.8, 4) is 22.3 Å². The molecule has 0 nitrogen and oxygen atoms in total. The van der Waals surface area contributed by atoms with E-state index >= 15 is 0 Å². The molecule has 2 aliphatic rings. The van der Waals surface area contributed by atoms with Gasteiger partial charge in [-0.15, -0.1) is 45.5 Å². The van der Waals surface area contributed by atoms with Crippen LogP contribution in [-0.2, 0) is 44.9 Å². The summed E-state index contributed by atoms with van der Waals surface area (Å²) in [5, 5.41) is 0. The molecule has 36 heavy (non-hydrogen) atoms. The number of fused-ring (bicyclic) bond motifs is 2. The summed E-state index contributed by atoms with van der Waals surface area (Å²) in [6, 6.07) is 30.9. The molecule has 4 aromatic carbocycles. The molecule has 2 aliphatic carbocycles. The molecule has 6 rings (SSSR count). The fourth-order valence-electron chi connectivity index (χ4n) is 4.99. The topological polar surface area (TPSA) is 0 Å². The molecule has 4 heteroatoms. The van der Waals surface area contributed by atoms with Crippen LogP contribution in [0.2, 0.25) is 13.1 Å². The largest absolute Gasteiger partial charge is 1.00 e. The summed E-state index contributed by atoms with van der Waals surface area (Å²) < 4.78 is 0. The Balaban J connectivity index is 0.000000211. The van der Waals surface area contributed by atoms with E-state index in [2.05, 4.69) is 117 Å². The summed E-state index contributed by atoms with van der Waals surface area (Å²) in [7, 11) is 0. The fourth-order valence-corrected chi connectivity index (χ4v) is 4.99. The molecule has 0 atom stereocenters. The van der Waals surface area contributed by atoms with E-state index < -0.39 is 0 Å². The second-order valence-electron chi connectivity index (χ2n) is 9.74. The Kier molecular flexibility index (Phi) is 13.5. The van der Waals surface area contributed by atoms with E-state index in [1.807, 2.05) is 0 Å². The maximum atomic E-state index is 2.38. The monoisotopic (exact) mass is 566 g/mol. The van der Waals surface area contributed by atoms with Gasteiger partial charge in [0.15, 0.2) is 0 Å². The smallest absolute Gasteiger partial charge is 0.0456 e. The van der Waals surface area contributed by atoms with E-state index in [4.69, 9.17) is 0 Å². The minimum atomic E-state index is 0. The van der Waals surface area contributed by atoms with Crippen LogP contribution in [0.5, 0.6) is 0 Å². The number of halogens is 2. The first kappa shape index (κ1) is 30.9. The fraction of sp³-hybridized carbons (Fsp3) is 0.312. The molecule has 188 valence electrons. The SMILES string of the molecule is C[Si](C)=[Ti+2].[Cl-].[Cl-].c1ccc(-c2cc3c([cH-]2)CCCC3)cc1.c1ccc(-c2cc3c([cH-]2)CCCC3)cc1. The zero-order valence-electron chi connectivity index (χ0n) is 21.5. The van der Waals surface area contributed by atoms with E-state index in [0.717, 1.165) is 0 Å². The molecule has 0 fully saturated rings. The summed E-state index contributed by atoms with van der Waals surface area (Å²) in [4.78, 5) is 0. The van der Waals surface area contributed by atoms with Crippen LogP contribution in [0.15, 0.2) is 84.9 Å². The third-order valence-corrected chi connectivity index (χ3v) is 6.64. The van der Waals surface area contributed by atoms with E-state index in [0.29, 0.717) is 0 Å². The normalized spacial score (nSPS) is 13.2. The molecule has 0 aliphatic heterocycles. The summed E-state index contributed by atoms with van der Waals surface area (Å²) in [6.45, 7) is 4.54. The molecular weight excluding hydrogens is 531 g/mol. The van der Waals surface area contributed by atoms with Crippen molar-refractivity contribution in [2.24, 2.45) is 0 Å². The van der Waals surface area contributed by atoms with Crippen LogP contribution in [0.4, 0.5) is 0 Å². The van der Waals surface area contributed by atoms with Gasteiger partial charge in [-0.05, 0) is 12.8 Å². The first-order valence-electron chi connectivity index (χ1n) is 12.8. The van der Waals surface area contributed by atoms with Crippen molar-refractivity contribution in [1.29, 1.82) is 0 Å². The Hall–Kier alpha value is -1.35. The molecule has 0 radical (unpaired) electrons. The Morgan fingerprint density at radius 1 is 0.583 bits per heavy atom. The van der Waals surface area contributed by atoms with Gasteiger partial charge in [0.25, 0.3) is 0 Å². The minimum absolute atomic E-state index is 0. The molecule has 0 amide bonds. The molecule has 0 bridgehead atoms. The molecule has 0 spiro atoms. The molecule has 0 N–H and O–H groups in total. The quantitative estimate of drug-likeness (QED) is 0.258. The predicted octanol–water partition coefficient (Wildman–Crippen LogP) is 2.69. The van der Waals surface area contributed by atoms with E-state index in [9.17, 15) is 0 Å². The number of aryl methyl sites for hydroxylation is 4. The molecule has 0 aromatic heterocycles. The average Bonchev–Trinajstić information content (AvgIpc) is 3.50. The third-order valence-electron chi connectivity index (χ3n) is 6.64. The zero-order chi connectivity index (χ0) is 23.8. The van der Waals surface area contributed by atoms with E-state index in [1.54, 1.807) is 22.3 Å². The molecular formula is C32H36Cl2SiTi-2. The Morgan fingerprint density at radius 2 is 0.917 bits per heavy atom. The summed E-state index contributed by atoms with van der Waals surface area (Å²) in [5.41, 5.74) is 11.9. The first-order chi connectivity index (χ1) is 16.6. The van der Waals surface area contributed by atoms with Crippen LogP contribution < -0.4 is 24.8 Å². The van der Waals surface area contributed by atoms with Gasteiger partial charge >= 0.3 is 38.5 Å². The maximum absolute atomic E-state index is 2.38. The molecule has 4 aromatic rings. The minimum Gasteiger partial charge on any atom is -1.00 e. The predicted molar refractivity (Wildman–Crippen MR) is 146 cm³/mol. The number of benzene rings is 2. The molecule has 0 saturated carbocycles. The second kappa shape index (κ2) is 15.8. The van der Waals surface area contributed by atoms with Gasteiger partial charge in [0.05, 0.1) is 0 Å². The van der Waals surface area contributed by atoms with Crippen molar-refractivity contribution in [2.75, 3.05) is 0 Å². The van der Waals surface area contributed by atoms with E-state index in [1.165, 1.54) is 73.6 Å². The van der Waals surface area contributed by atoms with Crippen LogP contribution in [0.25, 0.3) is 22.3 Å². The van der Waals surface area contributed by atoms with Gasteiger partial charge in [0.1, 0.15) is 0 Å². The number of rotatable bonds is 2. The van der Waals surface area contributed by atoms with Crippen molar-refractivity contribution >= 4 is 6.19 Å². The summed E-state index contributed by atoms with van der Waals surface area (Å²) in [5.74, 6) is 0.